The van der Waals surface area contributed by atoms with Gasteiger partial charge in [0, 0.05) is 6.54 Å². The van der Waals surface area contributed by atoms with E-state index in [1.54, 1.807) is 0 Å². The van der Waals surface area contributed by atoms with Crippen molar-refractivity contribution in [3.63, 3.8) is 0 Å². The zero-order valence-corrected chi connectivity index (χ0v) is 11.1. The van der Waals surface area contributed by atoms with Crippen LogP contribution in [0.4, 0.5) is 0 Å². The summed E-state index contributed by atoms with van der Waals surface area (Å²) in [5.74, 6) is -0.324. The molecule has 0 aliphatic rings. The number of benzene rings is 1. The van der Waals surface area contributed by atoms with Crippen molar-refractivity contribution in [2.24, 2.45) is 0 Å². The van der Waals surface area contributed by atoms with Gasteiger partial charge in [0.2, 0.25) is 11.8 Å². The molecule has 0 heterocycles. The van der Waals surface area contributed by atoms with Crippen LogP contribution in [0.2, 0.25) is 0 Å². The van der Waals surface area contributed by atoms with Crippen molar-refractivity contribution in [1.29, 1.82) is 0 Å². The van der Waals surface area contributed by atoms with Crippen LogP contribution in [0.5, 0.6) is 0 Å². The fourth-order valence-electron chi connectivity index (χ4n) is 1.63. The van der Waals surface area contributed by atoms with Crippen LogP contribution < -0.4 is 10.6 Å². The first-order chi connectivity index (χ1) is 8.48. The summed E-state index contributed by atoms with van der Waals surface area (Å²) in [6.45, 7) is 6.11. The molecule has 4 heteroatoms. The van der Waals surface area contributed by atoms with Gasteiger partial charge in [-0.05, 0) is 26.3 Å². The Balaban J connectivity index is 2.63. The number of amides is 2. The largest absolute Gasteiger partial charge is 0.355 e. The van der Waals surface area contributed by atoms with Crippen molar-refractivity contribution in [2.75, 3.05) is 13.1 Å². The Morgan fingerprint density at radius 1 is 1.11 bits per heavy atom. The lowest BCUT2D eigenvalue weighted by Crippen LogP contribution is -2.44. The molecule has 2 N–H and O–H groups in total. The Morgan fingerprint density at radius 3 is 2.28 bits per heavy atom. The fourth-order valence-corrected chi connectivity index (χ4v) is 1.63. The molecule has 0 aromatic heterocycles. The third-order valence-corrected chi connectivity index (χ3v) is 2.85. The van der Waals surface area contributed by atoms with Crippen molar-refractivity contribution in [3.05, 3.63) is 35.9 Å². The van der Waals surface area contributed by atoms with Gasteiger partial charge >= 0.3 is 0 Å². The molecule has 0 spiro atoms. The van der Waals surface area contributed by atoms with E-state index in [9.17, 15) is 9.59 Å². The summed E-state index contributed by atoms with van der Waals surface area (Å²) >= 11 is 0. The third kappa shape index (κ3) is 3.58. The number of hydrogen-bond acceptors (Lipinski definition) is 2. The number of likely N-dealkylation sites (N-methyl/N-ethyl adjacent to an activating group) is 1. The number of hydrogen-bond donors (Lipinski definition) is 2. The van der Waals surface area contributed by atoms with Crippen LogP contribution in [-0.4, -0.2) is 24.9 Å². The quantitative estimate of drug-likeness (QED) is 0.823. The molecule has 18 heavy (non-hydrogen) atoms. The van der Waals surface area contributed by atoms with Gasteiger partial charge in [-0.1, -0.05) is 30.3 Å². The van der Waals surface area contributed by atoms with Gasteiger partial charge in [0.15, 0.2) is 0 Å². The van der Waals surface area contributed by atoms with Crippen LogP contribution >= 0.6 is 0 Å². The standard InChI is InChI=1S/C14H20N2O2/c1-4-15-12(17)10-16-13(18)14(2,3)11-8-6-5-7-9-11/h5-9H,4,10H2,1-3H3,(H,15,17)(H,16,18). The van der Waals surface area contributed by atoms with E-state index in [0.717, 1.165) is 5.56 Å². The zero-order chi connectivity index (χ0) is 13.6. The molecule has 1 rings (SSSR count). The van der Waals surface area contributed by atoms with Gasteiger partial charge < -0.3 is 10.6 Å². The summed E-state index contributed by atoms with van der Waals surface area (Å²) in [7, 11) is 0. The second-order valence-corrected chi connectivity index (χ2v) is 4.63. The maximum absolute atomic E-state index is 12.1. The molecular formula is C14H20N2O2. The third-order valence-electron chi connectivity index (χ3n) is 2.85. The number of nitrogens with one attached hydrogen (secondary N) is 2. The van der Waals surface area contributed by atoms with E-state index in [1.807, 2.05) is 51.1 Å². The molecule has 0 fully saturated rings. The summed E-state index contributed by atoms with van der Waals surface area (Å²) in [5, 5.41) is 5.29. The molecule has 0 aliphatic carbocycles. The molecule has 2 amide bonds. The first-order valence-electron chi connectivity index (χ1n) is 6.09. The highest BCUT2D eigenvalue weighted by molar-refractivity contribution is 5.90. The monoisotopic (exact) mass is 248 g/mol. The molecule has 0 atom stereocenters. The first kappa shape index (κ1) is 14.2. The molecule has 0 bridgehead atoms. The highest BCUT2D eigenvalue weighted by atomic mass is 16.2. The Labute approximate surface area is 108 Å². The van der Waals surface area contributed by atoms with Gasteiger partial charge in [-0.3, -0.25) is 9.59 Å². The highest BCUT2D eigenvalue weighted by Crippen LogP contribution is 2.22. The van der Waals surface area contributed by atoms with Crippen molar-refractivity contribution in [2.45, 2.75) is 26.2 Å². The van der Waals surface area contributed by atoms with E-state index in [2.05, 4.69) is 10.6 Å². The van der Waals surface area contributed by atoms with E-state index in [4.69, 9.17) is 0 Å². The lowest BCUT2D eigenvalue weighted by molar-refractivity contribution is -0.129. The van der Waals surface area contributed by atoms with E-state index >= 15 is 0 Å². The minimum Gasteiger partial charge on any atom is -0.355 e. The Morgan fingerprint density at radius 2 is 1.72 bits per heavy atom. The van der Waals surface area contributed by atoms with Gasteiger partial charge in [-0.15, -0.1) is 0 Å². The molecule has 0 radical (unpaired) electrons. The maximum atomic E-state index is 12.1. The number of rotatable bonds is 5. The highest BCUT2D eigenvalue weighted by Gasteiger charge is 2.29. The van der Waals surface area contributed by atoms with Crippen molar-refractivity contribution in [1.82, 2.24) is 10.6 Å². The van der Waals surface area contributed by atoms with Crippen LogP contribution in [0.3, 0.4) is 0 Å². The number of carbonyl (C=O) groups is 2. The fraction of sp³-hybridized carbons (Fsp3) is 0.429. The molecular weight excluding hydrogens is 228 g/mol. The lowest BCUT2D eigenvalue weighted by Gasteiger charge is -2.23. The summed E-state index contributed by atoms with van der Waals surface area (Å²) < 4.78 is 0. The van der Waals surface area contributed by atoms with Gasteiger partial charge in [0.05, 0.1) is 12.0 Å². The van der Waals surface area contributed by atoms with Crippen LogP contribution in [0.25, 0.3) is 0 Å². The summed E-state index contributed by atoms with van der Waals surface area (Å²) in [4.78, 5) is 23.4. The second-order valence-electron chi connectivity index (χ2n) is 4.63. The van der Waals surface area contributed by atoms with Gasteiger partial charge in [-0.2, -0.15) is 0 Å². The molecule has 0 aliphatic heterocycles. The average molecular weight is 248 g/mol. The van der Waals surface area contributed by atoms with E-state index in [0.29, 0.717) is 6.54 Å². The SMILES string of the molecule is CCNC(=O)CNC(=O)C(C)(C)c1ccccc1. The minimum atomic E-state index is -0.645. The van der Waals surface area contributed by atoms with Crippen molar-refractivity contribution >= 4 is 11.8 Å². The summed E-state index contributed by atoms with van der Waals surface area (Å²) in [6.07, 6.45) is 0. The predicted molar refractivity (Wildman–Crippen MR) is 71.2 cm³/mol. The minimum absolute atomic E-state index is 0.0168. The Hall–Kier alpha value is -1.84. The Kier molecular flexibility index (Phi) is 4.89. The van der Waals surface area contributed by atoms with Gasteiger partial charge in [0.1, 0.15) is 0 Å². The first-order valence-corrected chi connectivity index (χ1v) is 6.09. The normalized spacial score (nSPS) is 10.8. The maximum Gasteiger partial charge on any atom is 0.239 e. The summed E-state index contributed by atoms with van der Waals surface area (Å²) in [6, 6.07) is 9.52. The molecule has 1 aromatic rings. The smallest absolute Gasteiger partial charge is 0.239 e. The van der Waals surface area contributed by atoms with Crippen molar-refractivity contribution < 1.29 is 9.59 Å². The van der Waals surface area contributed by atoms with Crippen LogP contribution in [0.1, 0.15) is 26.3 Å². The van der Waals surface area contributed by atoms with Crippen LogP contribution in [0.15, 0.2) is 30.3 Å². The number of carbonyl (C=O) groups excluding carboxylic acids is 2. The van der Waals surface area contributed by atoms with Gasteiger partial charge in [0.25, 0.3) is 0 Å². The zero-order valence-electron chi connectivity index (χ0n) is 11.1. The van der Waals surface area contributed by atoms with E-state index in [1.165, 1.54) is 0 Å². The van der Waals surface area contributed by atoms with Crippen LogP contribution in [0, 0.1) is 0 Å². The molecule has 98 valence electrons. The van der Waals surface area contributed by atoms with Crippen LogP contribution in [-0.2, 0) is 15.0 Å². The lowest BCUT2D eigenvalue weighted by atomic mass is 9.84. The second kappa shape index (κ2) is 6.19. The molecule has 0 saturated carbocycles. The van der Waals surface area contributed by atoms with Crippen molar-refractivity contribution in [3.8, 4) is 0 Å². The molecule has 1 aromatic carbocycles. The van der Waals surface area contributed by atoms with E-state index < -0.39 is 5.41 Å². The van der Waals surface area contributed by atoms with Gasteiger partial charge in [-0.25, -0.2) is 0 Å². The Bertz CT molecular complexity index is 413. The summed E-state index contributed by atoms with van der Waals surface area (Å²) in [5.41, 5.74) is 0.284. The molecule has 4 nitrogen and oxygen atoms in total. The topological polar surface area (TPSA) is 58.2 Å². The van der Waals surface area contributed by atoms with E-state index in [-0.39, 0.29) is 18.4 Å². The molecule has 0 unspecified atom stereocenters. The molecule has 0 saturated heterocycles. The average Bonchev–Trinajstić information content (AvgIpc) is 2.37. The predicted octanol–water partition coefficient (Wildman–Crippen LogP) is 1.22.